The average molecular weight is 416 g/mol. The van der Waals surface area contributed by atoms with Crippen LogP contribution in [-0.2, 0) is 4.74 Å². The third kappa shape index (κ3) is 4.23. The Morgan fingerprint density at radius 3 is 2.40 bits per heavy atom. The van der Waals surface area contributed by atoms with Gasteiger partial charge in [-0.15, -0.1) is 0 Å². The second kappa shape index (κ2) is 9.38. The van der Waals surface area contributed by atoms with Crippen LogP contribution in [0.25, 0.3) is 17.2 Å². The third-order valence-electron chi connectivity index (χ3n) is 4.93. The largest absolute Gasteiger partial charge is 0.478 e. The molecule has 5 N–H and O–H groups in total. The van der Waals surface area contributed by atoms with E-state index in [9.17, 15) is 30.3 Å². The van der Waals surface area contributed by atoms with Crippen LogP contribution in [0.3, 0.4) is 0 Å². The zero-order valence-corrected chi connectivity index (χ0v) is 16.3. The van der Waals surface area contributed by atoms with Crippen LogP contribution in [0, 0.1) is 0 Å². The van der Waals surface area contributed by atoms with Gasteiger partial charge in [-0.25, -0.2) is 4.79 Å². The van der Waals surface area contributed by atoms with Crippen LogP contribution < -0.4 is 4.74 Å². The molecule has 0 spiro atoms. The summed E-state index contributed by atoms with van der Waals surface area (Å²) in [5, 5.41) is 49.3. The van der Waals surface area contributed by atoms with Crippen LogP contribution in [0.4, 0.5) is 0 Å². The molecule has 160 valence electrons. The maximum Gasteiger partial charge on any atom is 0.336 e. The van der Waals surface area contributed by atoms with Gasteiger partial charge in [0.05, 0.1) is 12.2 Å². The van der Waals surface area contributed by atoms with Gasteiger partial charge in [-0.2, -0.15) is 0 Å². The molecule has 3 rings (SSSR count). The Bertz CT molecular complexity index is 923. The fourth-order valence-corrected chi connectivity index (χ4v) is 3.43. The van der Waals surface area contributed by atoms with Gasteiger partial charge in [0, 0.05) is 11.1 Å². The van der Waals surface area contributed by atoms with Gasteiger partial charge in [0.2, 0.25) is 6.29 Å². The molecule has 1 aliphatic rings. The second-order valence-electron chi connectivity index (χ2n) is 6.89. The van der Waals surface area contributed by atoms with Crippen molar-refractivity contribution in [3.63, 3.8) is 0 Å². The number of carboxylic acids is 1. The van der Waals surface area contributed by atoms with Gasteiger partial charge in [-0.05, 0) is 18.6 Å². The number of aliphatic hydroxyl groups is 4. The predicted molar refractivity (Wildman–Crippen MR) is 108 cm³/mol. The van der Waals surface area contributed by atoms with Gasteiger partial charge >= 0.3 is 5.97 Å². The standard InChI is InChI=1S/C22H24O8/c1-2-6-12-7-5-9-14(17(12)21(27)28)13-8-3-4-10-15(13)29-22-20(26)19(25)18(24)16(11-23)30-22/h2-10,16,18-20,22-26H,11H2,1H3,(H,27,28)/t16-,18-,19+,20-,22-/m1/s1. The minimum atomic E-state index is -1.58. The summed E-state index contributed by atoms with van der Waals surface area (Å²) in [6.45, 7) is 1.20. The van der Waals surface area contributed by atoms with Gasteiger partial charge in [0.25, 0.3) is 0 Å². The number of ether oxygens (including phenoxy) is 2. The molecule has 8 heteroatoms. The number of aromatic carboxylic acids is 1. The lowest BCUT2D eigenvalue weighted by atomic mass is 9.94. The molecular formula is C22H24O8. The van der Waals surface area contributed by atoms with E-state index in [1.54, 1.807) is 61.5 Å². The highest BCUT2D eigenvalue weighted by Gasteiger charge is 2.44. The fourth-order valence-electron chi connectivity index (χ4n) is 3.43. The molecule has 1 saturated heterocycles. The molecule has 0 unspecified atom stereocenters. The van der Waals surface area contributed by atoms with E-state index in [1.165, 1.54) is 0 Å². The summed E-state index contributed by atoms with van der Waals surface area (Å²) in [7, 11) is 0. The predicted octanol–water partition coefficient (Wildman–Crippen LogP) is 1.26. The van der Waals surface area contributed by atoms with Gasteiger partial charge in [-0.1, -0.05) is 48.6 Å². The maximum atomic E-state index is 12.0. The van der Waals surface area contributed by atoms with Crippen LogP contribution in [0.1, 0.15) is 22.8 Å². The summed E-state index contributed by atoms with van der Waals surface area (Å²) in [5.41, 5.74) is 1.45. The van der Waals surface area contributed by atoms with Crippen molar-refractivity contribution in [2.75, 3.05) is 6.61 Å². The highest BCUT2D eigenvalue weighted by Crippen LogP contribution is 2.36. The Morgan fingerprint density at radius 1 is 1.03 bits per heavy atom. The normalized spacial score (nSPS) is 26.6. The van der Waals surface area contributed by atoms with E-state index in [-0.39, 0.29) is 11.3 Å². The van der Waals surface area contributed by atoms with Gasteiger partial charge in [0.1, 0.15) is 30.2 Å². The summed E-state index contributed by atoms with van der Waals surface area (Å²) in [6, 6.07) is 11.7. The Hall–Kier alpha value is -2.75. The lowest BCUT2D eigenvalue weighted by Gasteiger charge is -2.39. The molecule has 1 heterocycles. The molecular weight excluding hydrogens is 392 g/mol. The van der Waals surface area contributed by atoms with Gasteiger partial charge in [-0.3, -0.25) is 0 Å². The second-order valence-corrected chi connectivity index (χ2v) is 6.89. The molecule has 0 radical (unpaired) electrons. The molecule has 8 nitrogen and oxygen atoms in total. The first-order chi connectivity index (χ1) is 14.4. The quantitative estimate of drug-likeness (QED) is 0.475. The Labute approximate surface area is 173 Å². The summed E-state index contributed by atoms with van der Waals surface area (Å²) < 4.78 is 11.2. The molecule has 0 aliphatic carbocycles. The first-order valence-electron chi connectivity index (χ1n) is 9.44. The van der Waals surface area contributed by atoms with Crippen molar-refractivity contribution in [1.29, 1.82) is 0 Å². The van der Waals surface area contributed by atoms with Crippen molar-refractivity contribution >= 4 is 12.0 Å². The van der Waals surface area contributed by atoms with Crippen LogP contribution in [-0.4, -0.2) is 68.8 Å². The summed E-state index contributed by atoms with van der Waals surface area (Å²) in [5.74, 6) is -0.900. The number of para-hydroxylation sites is 1. The van der Waals surface area contributed by atoms with Crippen molar-refractivity contribution in [3.8, 4) is 16.9 Å². The van der Waals surface area contributed by atoms with Crippen LogP contribution in [0.2, 0.25) is 0 Å². The summed E-state index contributed by atoms with van der Waals surface area (Å²) in [4.78, 5) is 12.0. The first kappa shape index (κ1) is 21.9. The Morgan fingerprint density at radius 2 is 1.73 bits per heavy atom. The topological polar surface area (TPSA) is 137 Å². The molecule has 1 fully saturated rings. The van der Waals surface area contributed by atoms with Crippen molar-refractivity contribution in [3.05, 3.63) is 59.7 Å². The monoisotopic (exact) mass is 416 g/mol. The number of rotatable bonds is 6. The van der Waals surface area contributed by atoms with E-state index in [4.69, 9.17) is 9.47 Å². The van der Waals surface area contributed by atoms with E-state index in [2.05, 4.69) is 0 Å². The van der Waals surface area contributed by atoms with Crippen LogP contribution >= 0.6 is 0 Å². The van der Waals surface area contributed by atoms with Crippen molar-refractivity contribution in [2.24, 2.45) is 0 Å². The molecule has 2 aromatic carbocycles. The van der Waals surface area contributed by atoms with E-state index in [0.717, 1.165) is 0 Å². The number of carbonyl (C=O) groups is 1. The zero-order valence-electron chi connectivity index (χ0n) is 16.3. The molecule has 0 amide bonds. The fraction of sp³-hybridized carbons (Fsp3) is 0.318. The first-order valence-corrected chi connectivity index (χ1v) is 9.44. The molecule has 0 bridgehead atoms. The third-order valence-corrected chi connectivity index (χ3v) is 4.93. The molecule has 5 atom stereocenters. The average Bonchev–Trinajstić information content (AvgIpc) is 2.74. The Balaban J connectivity index is 2.02. The van der Waals surface area contributed by atoms with E-state index < -0.39 is 43.3 Å². The minimum Gasteiger partial charge on any atom is -0.478 e. The summed E-state index contributed by atoms with van der Waals surface area (Å²) >= 11 is 0. The highest BCUT2D eigenvalue weighted by molar-refractivity contribution is 6.00. The molecule has 1 aliphatic heterocycles. The summed E-state index contributed by atoms with van der Waals surface area (Å²) in [6.07, 6.45) is -3.74. The number of hydrogen-bond donors (Lipinski definition) is 5. The highest BCUT2D eigenvalue weighted by atomic mass is 16.7. The van der Waals surface area contributed by atoms with E-state index >= 15 is 0 Å². The number of aliphatic hydroxyl groups excluding tert-OH is 4. The molecule has 2 aromatic rings. The lowest BCUT2D eigenvalue weighted by Crippen LogP contribution is -2.60. The van der Waals surface area contributed by atoms with Gasteiger partial charge in [0.15, 0.2) is 0 Å². The van der Waals surface area contributed by atoms with Crippen molar-refractivity contribution in [1.82, 2.24) is 0 Å². The van der Waals surface area contributed by atoms with Crippen molar-refractivity contribution in [2.45, 2.75) is 37.6 Å². The number of carboxylic acid groups (broad SMARTS) is 1. The van der Waals surface area contributed by atoms with Crippen LogP contribution in [0.5, 0.6) is 5.75 Å². The van der Waals surface area contributed by atoms with E-state index in [1.807, 2.05) is 0 Å². The number of allylic oxidation sites excluding steroid dienone is 1. The SMILES string of the molecule is CC=Cc1cccc(-c2ccccc2O[C@@H]2O[C@H](CO)[C@@H](O)[C@H](O)[C@H]2O)c1C(=O)O. The number of hydrogen-bond acceptors (Lipinski definition) is 7. The van der Waals surface area contributed by atoms with E-state index in [0.29, 0.717) is 16.7 Å². The smallest absolute Gasteiger partial charge is 0.336 e. The Kier molecular flexibility index (Phi) is 6.86. The van der Waals surface area contributed by atoms with Crippen molar-refractivity contribution < 1.29 is 39.8 Å². The van der Waals surface area contributed by atoms with Gasteiger partial charge < -0.3 is 35.0 Å². The van der Waals surface area contributed by atoms with Crippen LogP contribution in [0.15, 0.2) is 48.5 Å². The lowest BCUT2D eigenvalue weighted by molar-refractivity contribution is -0.277. The molecule has 0 saturated carbocycles. The zero-order chi connectivity index (χ0) is 21.8. The number of benzene rings is 2. The minimum absolute atomic E-state index is 0.0838. The maximum absolute atomic E-state index is 12.0. The molecule has 30 heavy (non-hydrogen) atoms. The molecule has 0 aromatic heterocycles.